The Morgan fingerprint density at radius 2 is 2.10 bits per heavy atom. The second-order valence-corrected chi connectivity index (χ2v) is 4.57. The highest BCUT2D eigenvalue weighted by atomic mass is 16.6. The van der Waals surface area contributed by atoms with Crippen LogP contribution in [0, 0.1) is 10.1 Å². The number of hydrogen-bond donors (Lipinski definition) is 1. The lowest BCUT2D eigenvalue weighted by atomic mass is 10.1. The molecule has 0 heterocycles. The molecule has 0 atom stereocenters. The lowest BCUT2D eigenvalue weighted by Gasteiger charge is -2.12. The fourth-order valence-corrected chi connectivity index (χ4v) is 1.76. The highest BCUT2D eigenvalue weighted by molar-refractivity contribution is 5.66. The number of hydrogen-bond acceptors (Lipinski definition) is 5. The minimum atomic E-state index is -0.386. The van der Waals surface area contributed by atoms with Crippen LogP contribution in [0.25, 0.3) is 0 Å². The van der Waals surface area contributed by atoms with Crippen molar-refractivity contribution in [1.29, 1.82) is 0 Å². The Bertz CT molecular complexity index is 435. The van der Waals surface area contributed by atoms with Crippen LogP contribution in [0.2, 0.25) is 0 Å². The van der Waals surface area contributed by atoms with Crippen molar-refractivity contribution < 1.29 is 14.4 Å². The van der Waals surface area contributed by atoms with Crippen molar-refractivity contribution in [2.24, 2.45) is 0 Å². The summed E-state index contributed by atoms with van der Waals surface area (Å²) in [4.78, 5) is 10.6. The van der Waals surface area contributed by atoms with Crippen molar-refractivity contribution >= 4 is 11.4 Å². The average molecular weight is 282 g/mol. The van der Waals surface area contributed by atoms with E-state index in [0.717, 1.165) is 5.56 Å². The predicted molar refractivity (Wildman–Crippen MR) is 78.0 cm³/mol. The summed E-state index contributed by atoms with van der Waals surface area (Å²) in [5.74, 6) is 0. The second-order valence-electron chi connectivity index (χ2n) is 4.57. The summed E-state index contributed by atoms with van der Waals surface area (Å²) in [6.45, 7) is 7.75. The molecule has 0 aliphatic carbocycles. The van der Waals surface area contributed by atoms with Crippen LogP contribution < -0.4 is 5.32 Å². The Morgan fingerprint density at radius 1 is 1.35 bits per heavy atom. The Balaban J connectivity index is 2.64. The number of nitrogens with one attached hydrogen (secondary N) is 1. The molecule has 1 aromatic rings. The number of anilines is 1. The number of rotatable bonds is 9. The van der Waals surface area contributed by atoms with E-state index in [0.29, 0.717) is 32.1 Å². The molecule has 0 unspecified atom stereocenters. The molecule has 0 amide bonds. The van der Waals surface area contributed by atoms with Gasteiger partial charge in [-0.25, -0.2) is 0 Å². The SMILES string of the molecule is CCNc1c(COCCOC(C)C)cccc1[N+](=O)[O-]. The van der Waals surface area contributed by atoms with Crippen LogP contribution >= 0.6 is 0 Å². The molecule has 6 nitrogen and oxygen atoms in total. The van der Waals surface area contributed by atoms with E-state index in [1.165, 1.54) is 6.07 Å². The molecule has 0 saturated carbocycles. The van der Waals surface area contributed by atoms with Crippen molar-refractivity contribution in [3.8, 4) is 0 Å². The normalized spacial score (nSPS) is 10.8. The van der Waals surface area contributed by atoms with E-state index >= 15 is 0 Å². The average Bonchev–Trinajstić information content (AvgIpc) is 2.39. The number of para-hydroxylation sites is 1. The third-order valence-corrected chi connectivity index (χ3v) is 2.62. The molecule has 1 rings (SSSR count). The van der Waals surface area contributed by atoms with Gasteiger partial charge in [-0.3, -0.25) is 10.1 Å². The van der Waals surface area contributed by atoms with Gasteiger partial charge in [0.1, 0.15) is 5.69 Å². The lowest BCUT2D eigenvalue weighted by Crippen LogP contribution is -2.10. The Kier molecular flexibility index (Phi) is 6.97. The number of nitro benzene ring substituents is 1. The van der Waals surface area contributed by atoms with E-state index in [1.54, 1.807) is 6.07 Å². The van der Waals surface area contributed by atoms with Gasteiger partial charge in [0.05, 0.1) is 30.8 Å². The third-order valence-electron chi connectivity index (χ3n) is 2.62. The molecule has 0 aliphatic rings. The maximum Gasteiger partial charge on any atom is 0.292 e. The standard InChI is InChI=1S/C14H22N2O4/c1-4-15-14-12(6-5-7-13(14)16(17)18)10-19-8-9-20-11(2)3/h5-7,11,15H,4,8-10H2,1-3H3. The van der Waals surface area contributed by atoms with E-state index in [1.807, 2.05) is 26.8 Å². The number of ether oxygens (including phenoxy) is 2. The van der Waals surface area contributed by atoms with Crippen molar-refractivity contribution in [3.63, 3.8) is 0 Å². The van der Waals surface area contributed by atoms with Gasteiger partial charge in [0.25, 0.3) is 5.69 Å². The summed E-state index contributed by atoms with van der Waals surface area (Å²) >= 11 is 0. The summed E-state index contributed by atoms with van der Waals surface area (Å²) in [5.41, 5.74) is 1.39. The van der Waals surface area contributed by atoms with Crippen LogP contribution in [0.3, 0.4) is 0 Å². The van der Waals surface area contributed by atoms with E-state index < -0.39 is 0 Å². The molecule has 0 aliphatic heterocycles. The van der Waals surface area contributed by atoms with Gasteiger partial charge in [-0.05, 0) is 20.8 Å². The molecule has 20 heavy (non-hydrogen) atoms. The summed E-state index contributed by atoms with van der Waals surface area (Å²) < 4.78 is 10.9. The zero-order valence-electron chi connectivity index (χ0n) is 12.2. The van der Waals surface area contributed by atoms with Crippen molar-refractivity contribution in [3.05, 3.63) is 33.9 Å². The quantitative estimate of drug-likeness (QED) is 0.428. The zero-order valence-corrected chi connectivity index (χ0v) is 12.2. The topological polar surface area (TPSA) is 73.6 Å². The molecular weight excluding hydrogens is 260 g/mol. The molecule has 112 valence electrons. The molecule has 0 aromatic heterocycles. The maximum absolute atomic E-state index is 11.0. The fourth-order valence-electron chi connectivity index (χ4n) is 1.76. The van der Waals surface area contributed by atoms with Crippen LogP contribution in [0.4, 0.5) is 11.4 Å². The largest absolute Gasteiger partial charge is 0.379 e. The van der Waals surface area contributed by atoms with Crippen LogP contribution in [0.5, 0.6) is 0 Å². The summed E-state index contributed by atoms with van der Waals surface area (Å²) in [7, 11) is 0. The van der Waals surface area contributed by atoms with E-state index in [2.05, 4.69) is 5.32 Å². The first-order valence-electron chi connectivity index (χ1n) is 6.75. The number of nitrogens with zero attached hydrogens (tertiary/aromatic N) is 1. The van der Waals surface area contributed by atoms with Gasteiger partial charge < -0.3 is 14.8 Å². The van der Waals surface area contributed by atoms with Crippen molar-refractivity contribution in [1.82, 2.24) is 0 Å². The van der Waals surface area contributed by atoms with Crippen LogP contribution in [-0.4, -0.2) is 30.8 Å². The highest BCUT2D eigenvalue weighted by Gasteiger charge is 2.16. The van der Waals surface area contributed by atoms with Crippen molar-refractivity contribution in [2.45, 2.75) is 33.5 Å². The Labute approximate surface area is 119 Å². The molecule has 0 radical (unpaired) electrons. The van der Waals surface area contributed by atoms with Crippen LogP contribution in [0.1, 0.15) is 26.3 Å². The van der Waals surface area contributed by atoms with Crippen LogP contribution in [-0.2, 0) is 16.1 Å². The zero-order chi connectivity index (χ0) is 15.0. The molecule has 0 bridgehead atoms. The van der Waals surface area contributed by atoms with Gasteiger partial charge >= 0.3 is 0 Å². The number of nitro groups is 1. The molecule has 0 saturated heterocycles. The lowest BCUT2D eigenvalue weighted by molar-refractivity contribution is -0.384. The number of benzene rings is 1. The monoisotopic (exact) mass is 282 g/mol. The summed E-state index contributed by atoms with van der Waals surface area (Å²) in [5, 5.41) is 14.0. The molecule has 0 fully saturated rings. The molecular formula is C14H22N2O4. The van der Waals surface area contributed by atoms with Gasteiger partial charge in [0.2, 0.25) is 0 Å². The first-order valence-corrected chi connectivity index (χ1v) is 6.75. The molecule has 6 heteroatoms. The molecule has 0 spiro atoms. The van der Waals surface area contributed by atoms with E-state index in [4.69, 9.17) is 9.47 Å². The van der Waals surface area contributed by atoms with Crippen molar-refractivity contribution in [2.75, 3.05) is 25.1 Å². The molecule has 1 aromatic carbocycles. The Morgan fingerprint density at radius 3 is 2.70 bits per heavy atom. The van der Waals surface area contributed by atoms with Gasteiger partial charge in [-0.1, -0.05) is 12.1 Å². The molecule has 1 N–H and O–H groups in total. The highest BCUT2D eigenvalue weighted by Crippen LogP contribution is 2.28. The third kappa shape index (κ3) is 5.14. The van der Waals surface area contributed by atoms with E-state index in [-0.39, 0.29) is 16.7 Å². The van der Waals surface area contributed by atoms with Crippen LogP contribution in [0.15, 0.2) is 18.2 Å². The minimum Gasteiger partial charge on any atom is -0.379 e. The Hall–Kier alpha value is -1.66. The second kappa shape index (κ2) is 8.50. The fraction of sp³-hybridized carbons (Fsp3) is 0.571. The minimum absolute atomic E-state index is 0.0754. The van der Waals surface area contributed by atoms with Gasteiger partial charge in [0, 0.05) is 18.2 Å². The first-order chi connectivity index (χ1) is 9.56. The predicted octanol–water partition coefficient (Wildman–Crippen LogP) is 2.97. The maximum atomic E-state index is 11.0. The van der Waals surface area contributed by atoms with Gasteiger partial charge in [-0.2, -0.15) is 0 Å². The summed E-state index contributed by atoms with van der Waals surface area (Å²) in [6.07, 6.45) is 0.175. The first kappa shape index (κ1) is 16.4. The van der Waals surface area contributed by atoms with Gasteiger partial charge in [-0.15, -0.1) is 0 Å². The smallest absolute Gasteiger partial charge is 0.292 e. The van der Waals surface area contributed by atoms with E-state index in [9.17, 15) is 10.1 Å². The summed E-state index contributed by atoms with van der Waals surface area (Å²) in [6, 6.07) is 4.99. The van der Waals surface area contributed by atoms with Gasteiger partial charge in [0.15, 0.2) is 0 Å².